The third kappa shape index (κ3) is 2.36. The summed E-state index contributed by atoms with van der Waals surface area (Å²) in [7, 11) is 1.29. The smallest absolute Gasteiger partial charge is 0.379 e. The van der Waals surface area contributed by atoms with Crippen molar-refractivity contribution in [3.63, 3.8) is 0 Å². The molecule has 0 unspecified atom stereocenters. The van der Waals surface area contributed by atoms with Gasteiger partial charge in [-0.15, -0.1) is 0 Å². The lowest BCUT2D eigenvalue weighted by molar-refractivity contribution is -0.137. The number of ether oxygens (including phenoxy) is 2. The molecule has 0 aliphatic rings. The Morgan fingerprint density at radius 2 is 2.06 bits per heavy atom. The van der Waals surface area contributed by atoms with Crippen molar-refractivity contribution >= 4 is 11.8 Å². The van der Waals surface area contributed by atoms with Crippen molar-refractivity contribution in [3.05, 3.63) is 29.6 Å². The van der Waals surface area contributed by atoms with E-state index in [9.17, 15) is 14.0 Å². The number of Topliss-reactive ketones (excluding diaryl/α,β-unsaturated/α-hetero) is 1. The number of benzene rings is 1. The molecule has 1 aromatic rings. The lowest BCUT2D eigenvalue weighted by Gasteiger charge is -2.07. The SMILES string of the molecule is CCOC(=O)C(=O)c1c(F)cccc1OC. The maximum absolute atomic E-state index is 13.4. The molecular formula is C11H11FO4. The van der Waals surface area contributed by atoms with Crippen LogP contribution in [0.2, 0.25) is 0 Å². The Hall–Kier alpha value is -1.91. The number of halogens is 1. The summed E-state index contributed by atoms with van der Waals surface area (Å²) in [6, 6.07) is 3.86. The van der Waals surface area contributed by atoms with E-state index in [1.165, 1.54) is 19.2 Å². The zero-order chi connectivity index (χ0) is 12.1. The zero-order valence-corrected chi connectivity index (χ0v) is 8.95. The van der Waals surface area contributed by atoms with Gasteiger partial charge in [-0.1, -0.05) is 6.07 Å². The summed E-state index contributed by atoms with van der Waals surface area (Å²) in [6.45, 7) is 1.62. The van der Waals surface area contributed by atoms with Crippen LogP contribution < -0.4 is 4.74 Å². The van der Waals surface area contributed by atoms with Crippen molar-refractivity contribution in [3.8, 4) is 5.75 Å². The van der Waals surface area contributed by atoms with E-state index in [0.29, 0.717) is 0 Å². The van der Waals surface area contributed by atoms with Gasteiger partial charge in [0.05, 0.1) is 13.7 Å². The predicted molar refractivity (Wildman–Crippen MR) is 53.9 cm³/mol. The van der Waals surface area contributed by atoms with Crippen LogP contribution in [0.5, 0.6) is 5.75 Å². The molecule has 4 nitrogen and oxygen atoms in total. The molecule has 0 heterocycles. The van der Waals surface area contributed by atoms with Gasteiger partial charge in [0, 0.05) is 0 Å². The molecule has 0 aliphatic carbocycles. The van der Waals surface area contributed by atoms with E-state index in [2.05, 4.69) is 4.74 Å². The van der Waals surface area contributed by atoms with Crippen LogP contribution in [-0.4, -0.2) is 25.5 Å². The lowest BCUT2D eigenvalue weighted by Crippen LogP contribution is -2.19. The maximum atomic E-state index is 13.4. The molecule has 0 amide bonds. The number of rotatable bonds is 4. The highest BCUT2D eigenvalue weighted by Gasteiger charge is 2.25. The molecular weight excluding hydrogens is 215 g/mol. The fraction of sp³-hybridized carbons (Fsp3) is 0.273. The molecule has 0 radical (unpaired) electrons. The van der Waals surface area contributed by atoms with Crippen LogP contribution in [0.25, 0.3) is 0 Å². The summed E-state index contributed by atoms with van der Waals surface area (Å²) < 4.78 is 22.7. The van der Waals surface area contributed by atoms with Crippen molar-refractivity contribution in [1.82, 2.24) is 0 Å². The summed E-state index contributed by atoms with van der Waals surface area (Å²) in [4.78, 5) is 22.7. The van der Waals surface area contributed by atoms with Crippen LogP contribution in [0.15, 0.2) is 18.2 Å². The predicted octanol–water partition coefficient (Wildman–Crippen LogP) is 1.58. The van der Waals surface area contributed by atoms with Gasteiger partial charge in [-0.25, -0.2) is 9.18 Å². The molecule has 0 saturated carbocycles. The number of carbonyl (C=O) groups is 2. The molecule has 86 valence electrons. The average molecular weight is 226 g/mol. The van der Waals surface area contributed by atoms with Crippen LogP contribution in [0.1, 0.15) is 17.3 Å². The highest BCUT2D eigenvalue weighted by atomic mass is 19.1. The van der Waals surface area contributed by atoms with Crippen LogP contribution in [0, 0.1) is 5.82 Å². The molecule has 16 heavy (non-hydrogen) atoms. The Balaban J connectivity index is 3.12. The molecule has 5 heteroatoms. The Labute approximate surface area is 92.0 Å². The highest BCUT2D eigenvalue weighted by Crippen LogP contribution is 2.21. The van der Waals surface area contributed by atoms with E-state index < -0.39 is 23.1 Å². The number of methoxy groups -OCH3 is 1. The second-order valence-electron chi connectivity index (χ2n) is 2.87. The topological polar surface area (TPSA) is 52.6 Å². The van der Waals surface area contributed by atoms with Crippen molar-refractivity contribution in [2.24, 2.45) is 0 Å². The first-order valence-corrected chi connectivity index (χ1v) is 4.65. The van der Waals surface area contributed by atoms with E-state index in [-0.39, 0.29) is 12.4 Å². The zero-order valence-electron chi connectivity index (χ0n) is 8.95. The van der Waals surface area contributed by atoms with Gasteiger partial charge >= 0.3 is 5.97 Å². The summed E-state index contributed by atoms with van der Waals surface area (Å²) in [6.07, 6.45) is 0. The fourth-order valence-corrected chi connectivity index (χ4v) is 1.19. The first kappa shape index (κ1) is 12.2. The van der Waals surface area contributed by atoms with Crippen LogP contribution in [0.3, 0.4) is 0 Å². The van der Waals surface area contributed by atoms with Crippen LogP contribution in [-0.2, 0) is 9.53 Å². The molecule has 0 aromatic heterocycles. The Bertz CT molecular complexity index is 414. The Morgan fingerprint density at radius 3 is 2.62 bits per heavy atom. The molecule has 0 fully saturated rings. The van der Waals surface area contributed by atoms with Gasteiger partial charge in [-0.3, -0.25) is 4.79 Å². The number of carbonyl (C=O) groups excluding carboxylic acids is 2. The summed E-state index contributed by atoms with van der Waals surface area (Å²) in [5, 5.41) is 0. The molecule has 0 bridgehead atoms. The lowest BCUT2D eigenvalue weighted by atomic mass is 10.1. The third-order valence-electron chi connectivity index (χ3n) is 1.88. The van der Waals surface area contributed by atoms with Gasteiger partial charge in [-0.2, -0.15) is 0 Å². The molecule has 0 saturated heterocycles. The standard InChI is InChI=1S/C11H11FO4/c1-3-16-11(14)10(13)9-7(12)5-4-6-8(9)15-2/h4-6H,3H2,1-2H3. The summed E-state index contributed by atoms with van der Waals surface area (Å²) in [5.41, 5.74) is -0.400. The number of ketones is 1. The molecule has 1 aromatic carbocycles. The largest absolute Gasteiger partial charge is 0.496 e. The summed E-state index contributed by atoms with van der Waals surface area (Å²) >= 11 is 0. The van der Waals surface area contributed by atoms with Crippen molar-refractivity contribution in [2.45, 2.75) is 6.92 Å². The normalized spacial score (nSPS) is 9.69. The maximum Gasteiger partial charge on any atom is 0.379 e. The van der Waals surface area contributed by atoms with Gasteiger partial charge in [0.1, 0.15) is 17.1 Å². The van der Waals surface area contributed by atoms with Gasteiger partial charge < -0.3 is 9.47 Å². The third-order valence-corrected chi connectivity index (χ3v) is 1.88. The molecule has 0 aliphatic heterocycles. The number of esters is 1. The first-order chi connectivity index (χ1) is 7.61. The van der Waals surface area contributed by atoms with E-state index in [1.807, 2.05) is 0 Å². The quantitative estimate of drug-likeness (QED) is 0.444. The monoisotopic (exact) mass is 226 g/mol. The number of hydrogen-bond acceptors (Lipinski definition) is 4. The second kappa shape index (κ2) is 5.25. The van der Waals surface area contributed by atoms with Gasteiger partial charge in [0.15, 0.2) is 0 Å². The Morgan fingerprint density at radius 1 is 1.38 bits per heavy atom. The van der Waals surface area contributed by atoms with E-state index >= 15 is 0 Å². The Kier molecular flexibility index (Phi) is 3.99. The minimum absolute atomic E-state index is 0.0121. The van der Waals surface area contributed by atoms with Gasteiger partial charge in [0.2, 0.25) is 0 Å². The van der Waals surface area contributed by atoms with Gasteiger partial charge in [0.25, 0.3) is 5.78 Å². The molecule has 0 atom stereocenters. The van der Waals surface area contributed by atoms with Crippen LogP contribution in [0.4, 0.5) is 4.39 Å². The molecule has 1 rings (SSSR count). The first-order valence-electron chi connectivity index (χ1n) is 4.65. The van der Waals surface area contributed by atoms with Gasteiger partial charge in [-0.05, 0) is 19.1 Å². The fourth-order valence-electron chi connectivity index (χ4n) is 1.19. The van der Waals surface area contributed by atoms with Crippen molar-refractivity contribution < 1.29 is 23.5 Å². The number of hydrogen-bond donors (Lipinski definition) is 0. The molecule has 0 spiro atoms. The second-order valence-corrected chi connectivity index (χ2v) is 2.87. The minimum Gasteiger partial charge on any atom is -0.496 e. The van der Waals surface area contributed by atoms with E-state index in [1.54, 1.807) is 6.92 Å². The van der Waals surface area contributed by atoms with Crippen LogP contribution >= 0.6 is 0 Å². The van der Waals surface area contributed by atoms with Crippen molar-refractivity contribution in [1.29, 1.82) is 0 Å². The van der Waals surface area contributed by atoms with E-state index in [0.717, 1.165) is 6.07 Å². The average Bonchev–Trinajstić information content (AvgIpc) is 2.28. The molecule has 0 N–H and O–H groups in total. The highest BCUT2D eigenvalue weighted by molar-refractivity contribution is 6.41. The van der Waals surface area contributed by atoms with E-state index in [4.69, 9.17) is 4.74 Å². The van der Waals surface area contributed by atoms with Crippen molar-refractivity contribution in [2.75, 3.05) is 13.7 Å². The minimum atomic E-state index is -1.09. The summed E-state index contributed by atoms with van der Waals surface area (Å²) in [5.74, 6) is -2.93.